The van der Waals surface area contributed by atoms with Crippen LogP contribution in [0.5, 0.6) is 0 Å². The lowest BCUT2D eigenvalue weighted by molar-refractivity contribution is -0.141. The van der Waals surface area contributed by atoms with Crippen molar-refractivity contribution in [2.45, 2.75) is 6.54 Å². The number of ether oxygens (including phenoxy) is 2. The second kappa shape index (κ2) is 8.13. The summed E-state index contributed by atoms with van der Waals surface area (Å²) in [7, 11) is 2.51. The number of benzene rings is 2. The normalized spacial score (nSPS) is 11.5. The molecule has 0 atom stereocenters. The molecule has 2 aromatic carbocycles. The average molecular weight is 402 g/mol. The smallest absolute Gasteiger partial charge is 0.337 e. The molecule has 1 amide bonds. The number of rotatable bonds is 4. The van der Waals surface area contributed by atoms with E-state index in [0.29, 0.717) is 15.8 Å². The summed E-state index contributed by atoms with van der Waals surface area (Å²) in [5, 5.41) is 0. The van der Waals surface area contributed by atoms with E-state index < -0.39 is 23.7 Å². The summed E-state index contributed by atoms with van der Waals surface area (Å²) in [4.78, 5) is 40.2. The number of aromatic nitrogens is 1. The van der Waals surface area contributed by atoms with E-state index in [-0.39, 0.29) is 16.9 Å². The van der Waals surface area contributed by atoms with Crippen molar-refractivity contribution in [1.29, 1.82) is 0 Å². The second-order valence-corrected chi connectivity index (χ2v) is 6.63. The third-order valence-electron chi connectivity index (χ3n) is 3.92. The number of amides is 1. The van der Waals surface area contributed by atoms with Gasteiger partial charge in [-0.2, -0.15) is 4.99 Å². The highest BCUT2D eigenvalue weighted by molar-refractivity contribution is 7.16. The van der Waals surface area contributed by atoms with Crippen LogP contribution in [0.3, 0.4) is 0 Å². The predicted molar refractivity (Wildman–Crippen MR) is 99.5 cm³/mol. The molecule has 3 aromatic rings. The molecule has 0 aliphatic heterocycles. The molecule has 0 aliphatic rings. The van der Waals surface area contributed by atoms with Gasteiger partial charge in [0.05, 0.1) is 35.6 Å². The molecular weight excluding hydrogens is 387 g/mol. The first-order valence-electron chi connectivity index (χ1n) is 8.06. The van der Waals surface area contributed by atoms with Crippen LogP contribution in [-0.4, -0.2) is 36.6 Å². The van der Waals surface area contributed by atoms with Gasteiger partial charge in [0, 0.05) is 0 Å². The molecule has 0 fully saturated rings. The molecule has 0 N–H and O–H groups in total. The second-order valence-electron chi connectivity index (χ2n) is 5.62. The van der Waals surface area contributed by atoms with E-state index in [0.717, 1.165) is 11.3 Å². The Morgan fingerprint density at radius 2 is 1.86 bits per heavy atom. The van der Waals surface area contributed by atoms with E-state index >= 15 is 0 Å². The molecule has 9 heteroatoms. The van der Waals surface area contributed by atoms with Crippen molar-refractivity contribution in [1.82, 2.24) is 4.57 Å². The highest BCUT2D eigenvalue weighted by atomic mass is 32.1. The number of halogens is 1. The molecule has 144 valence electrons. The largest absolute Gasteiger partial charge is 0.468 e. The number of hydrogen-bond acceptors (Lipinski definition) is 6. The molecule has 1 heterocycles. The van der Waals surface area contributed by atoms with Crippen LogP contribution in [-0.2, 0) is 20.8 Å². The molecule has 7 nitrogen and oxygen atoms in total. The van der Waals surface area contributed by atoms with Crippen LogP contribution in [0.25, 0.3) is 10.2 Å². The number of methoxy groups -OCH3 is 2. The fourth-order valence-electron chi connectivity index (χ4n) is 2.53. The Kier molecular flexibility index (Phi) is 5.65. The highest BCUT2D eigenvalue weighted by Crippen LogP contribution is 2.20. The van der Waals surface area contributed by atoms with Crippen LogP contribution in [0.1, 0.15) is 20.7 Å². The molecule has 0 spiro atoms. The molecule has 0 saturated carbocycles. The minimum atomic E-state index is -0.781. The first-order chi connectivity index (χ1) is 13.4. The number of hydrogen-bond donors (Lipinski definition) is 0. The molecular formula is C19H15FN2O5S. The van der Waals surface area contributed by atoms with Gasteiger partial charge in [-0.05, 0) is 30.3 Å². The molecule has 0 unspecified atom stereocenters. The Bertz CT molecular complexity index is 1150. The maximum Gasteiger partial charge on any atom is 0.337 e. The highest BCUT2D eigenvalue weighted by Gasteiger charge is 2.16. The Balaban J connectivity index is 2.17. The molecule has 28 heavy (non-hydrogen) atoms. The molecule has 1 aromatic heterocycles. The van der Waals surface area contributed by atoms with E-state index in [2.05, 4.69) is 4.99 Å². The number of nitrogens with zero attached hydrogens (tertiary/aromatic N) is 2. The van der Waals surface area contributed by atoms with Gasteiger partial charge in [-0.15, -0.1) is 0 Å². The summed E-state index contributed by atoms with van der Waals surface area (Å²) < 4.78 is 25.4. The molecule has 0 bridgehead atoms. The van der Waals surface area contributed by atoms with Crippen molar-refractivity contribution in [3.05, 3.63) is 64.2 Å². The van der Waals surface area contributed by atoms with Gasteiger partial charge in [0.25, 0.3) is 5.91 Å². The van der Waals surface area contributed by atoms with E-state index in [4.69, 9.17) is 9.47 Å². The third kappa shape index (κ3) is 3.84. The quantitative estimate of drug-likeness (QED) is 0.626. The number of thiazole rings is 1. The van der Waals surface area contributed by atoms with Crippen molar-refractivity contribution in [2.24, 2.45) is 4.99 Å². The van der Waals surface area contributed by atoms with Crippen LogP contribution in [0.2, 0.25) is 0 Å². The van der Waals surface area contributed by atoms with Gasteiger partial charge < -0.3 is 14.0 Å². The minimum Gasteiger partial charge on any atom is -0.468 e. The molecule has 0 radical (unpaired) electrons. The van der Waals surface area contributed by atoms with Gasteiger partial charge in [-0.3, -0.25) is 9.59 Å². The topological polar surface area (TPSA) is 87.0 Å². The minimum absolute atomic E-state index is 0.177. The Morgan fingerprint density at radius 1 is 1.11 bits per heavy atom. The Hall–Kier alpha value is -3.33. The summed E-state index contributed by atoms with van der Waals surface area (Å²) in [6.07, 6.45) is 0. The third-order valence-corrected chi connectivity index (χ3v) is 4.96. The van der Waals surface area contributed by atoms with E-state index in [1.54, 1.807) is 12.1 Å². The lowest BCUT2D eigenvalue weighted by Crippen LogP contribution is -2.22. The first kappa shape index (κ1) is 19.4. The fourth-order valence-corrected chi connectivity index (χ4v) is 3.60. The standard InChI is InChI=1S/C19H15FN2O5S/c1-26-16(23)10-22-14-8-7-11(18(25)27-2)9-15(14)28-19(22)21-17(24)12-5-3-4-6-13(12)20/h3-9H,10H2,1-2H3. The van der Waals surface area contributed by atoms with Crippen molar-refractivity contribution in [3.8, 4) is 0 Å². The maximum atomic E-state index is 13.9. The average Bonchev–Trinajstić information content (AvgIpc) is 3.03. The summed E-state index contributed by atoms with van der Waals surface area (Å²) >= 11 is 1.08. The number of carbonyl (C=O) groups excluding carboxylic acids is 3. The fraction of sp³-hybridized carbons (Fsp3) is 0.158. The zero-order valence-electron chi connectivity index (χ0n) is 15.0. The van der Waals surface area contributed by atoms with Crippen LogP contribution in [0, 0.1) is 5.82 Å². The van der Waals surface area contributed by atoms with Crippen molar-refractivity contribution < 1.29 is 28.2 Å². The lowest BCUT2D eigenvalue weighted by Gasteiger charge is -2.04. The van der Waals surface area contributed by atoms with E-state index in [1.807, 2.05) is 0 Å². The van der Waals surface area contributed by atoms with Crippen LogP contribution in [0.4, 0.5) is 4.39 Å². The van der Waals surface area contributed by atoms with Gasteiger partial charge in [0.15, 0.2) is 4.80 Å². The summed E-state index contributed by atoms with van der Waals surface area (Å²) in [5.74, 6) is -2.53. The van der Waals surface area contributed by atoms with E-state index in [9.17, 15) is 18.8 Å². The zero-order valence-corrected chi connectivity index (χ0v) is 15.8. The zero-order chi connectivity index (χ0) is 20.3. The maximum absolute atomic E-state index is 13.9. The summed E-state index contributed by atoms with van der Waals surface area (Å²) in [6, 6.07) is 10.2. The lowest BCUT2D eigenvalue weighted by atomic mass is 10.2. The van der Waals surface area contributed by atoms with Crippen LogP contribution < -0.4 is 4.80 Å². The number of esters is 2. The van der Waals surface area contributed by atoms with Crippen molar-refractivity contribution >= 4 is 39.4 Å². The van der Waals surface area contributed by atoms with Crippen LogP contribution in [0.15, 0.2) is 47.5 Å². The predicted octanol–water partition coefficient (Wildman–Crippen LogP) is 2.54. The molecule has 3 rings (SSSR count). The SMILES string of the molecule is COC(=O)Cn1c(=NC(=O)c2ccccc2F)sc2cc(C(=O)OC)ccc21. The number of fused-ring (bicyclic) bond motifs is 1. The van der Waals surface area contributed by atoms with E-state index in [1.165, 1.54) is 49.1 Å². The molecule has 0 saturated heterocycles. The van der Waals surface area contributed by atoms with Crippen molar-refractivity contribution in [3.63, 3.8) is 0 Å². The Labute approximate surface area is 162 Å². The van der Waals surface area contributed by atoms with Gasteiger partial charge in [-0.1, -0.05) is 23.5 Å². The number of carbonyl (C=O) groups is 3. The summed E-state index contributed by atoms with van der Waals surface area (Å²) in [5.41, 5.74) is 0.705. The van der Waals surface area contributed by atoms with Gasteiger partial charge in [0.2, 0.25) is 0 Å². The van der Waals surface area contributed by atoms with Crippen molar-refractivity contribution in [2.75, 3.05) is 14.2 Å². The van der Waals surface area contributed by atoms with Gasteiger partial charge in [-0.25, -0.2) is 9.18 Å². The summed E-state index contributed by atoms with van der Waals surface area (Å²) in [6.45, 7) is -0.197. The van der Waals surface area contributed by atoms with Crippen LogP contribution >= 0.6 is 11.3 Å². The monoisotopic (exact) mass is 402 g/mol. The first-order valence-corrected chi connectivity index (χ1v) is 8.88. The van der Waals surface area contributed by atoms with Gasteiger partial charge >= 0.3 is 11.9 Å². The Morgan fingerprint density at radius 3 is 2.54 bits per heavy atom. The van der Waals surface area contributed by atoms with Gasteiger partial charge in [0.1, 0.15) is 12.4 Å². The molecule has 0 aliphatic carbocycles.